The number of carbonyl (C=O) groups is 1. The van der Waals surface area contributed by atoms with Gasteiger partial charge in [-0.05, 0) is 37.3 Å². The van der Waals surface area contributed by atoms with E-state index in [1.807, 2.05) is 29.1 Å². The molecule has 1 saturated heterocycles. The second-order valence-corrected chi connectivity index (χ2v) is 5.66. The molecule has 1 N–H and O–H groups in total. The number of ether oxygens (including phenoxy) is 1. The Balaban J connectivity index is 1.91. The molecule has 2 rings (SSSR count). The van der Waals surface area contributed by atoms with E-state index >= 15 is 0 Å². The molecule has 0 bridgehead atoms. The van der Waals surface area contributed by atoms with Crippen molar-refractivity contribution in [3.63, 3.8) is 0 Å². The Labute approximate surface area is 115 Å². The maximum Gasteiger partial charge on any atom is 0.243 e. The summed E-state index contributed by atoms with van der Waals surface area (Å²) < 4.78 is 7.52. The van der Waals surface area contributed by atoms with Gasteiger partial charge in [-0.3, -0.25) is 4.79 Å². The van der Waals surface area contributed by atoms with Crippen molar-refractivity contribution >= 4 is 5.91 Å². The summed E-state index contributed by atoms with van der Waals surface area (Å²) in [5, 5.41) is 3.03. The minimum Gasteiger partial charge on any atom is -0.376 e. The molecule has 1 aliphatic heterocycles. The summed E-state index contributed by atoms with van der Waals surface area (Å²) in [5.41, 5.74) is 0. The van der Waals surface area contributed by atoms with Crippen molar-refractivity contribution in [2.45, 2.75) is 45.3 Å². The Bertz CT molecular complexity index is 381. The minimum absolute atomic E-state index is 0.0976. The third-order valence-electron chi connectivity index (χ3n) is 3.51. The zero-order valence-corrected chi connectivity index (χ0v) is 11.8. The fraction of sp³-hybridized carbons (Fsp3) is 0.667. The van der Waals surface area contributed by atoms with Gasteiger partial charge in [-0.25, -0.2) is 0 Å². The number of nitrogens with one attached hydrogen (secondary N) is 1. The number of carbonyl (C=O) groups excluding carboxylic acids is 1. The zero-order chi connectivity index (χ0) is 13.7. The molecule has 0 saturated carbocycles. The molecule has 1 aromatic heterocycles. The van der Waals surface area contributed by atoms with Gasteiger partial charge in [0.15, 0.2) is 0 Å². The number of nitrogens with zero attached hydrogens (tertiary/aromatic N) is 1. The van der Waals surface area contributed by atoms with Crippen LogP contribution in [0.25, 0.3) is 0 Å². The van der Waals surface area contributed by atoms with Gasteiger partial charge in [-0.15, -0.1) is 0 Å². The minimum atomic E-state index is -0.114. The molecule has 19 heavy (non-hydrogen) atoms. The third kappa shape index (κ3) is 4.10. The van der Waals surface area contributed by atoms with Crippen molar-refractivity contribution in [2.75, 3.05) is 13.2 Å². The lowest BCUT2D eigenvalue weighted by atomic mass is 10.0. The Morgan fingerprint density at radius 2 is 2.16 bits per heavy atom. The first-order valence-corrected chi connectivity index (χ1v) is 7.18. The molecule has 2 atom stereocenters. The SMILES string of the molecule is CC(C)C[C@@H](C(=O)NCC1CCCO1)n1cccc1. The normalized spacial score (nSPS) is 20.7. The van der Waals surface area contributed by atoms with E-state index in [2.05, 4.69) is 19.2 Å². The summed E-state index contributed by atoms with van der Waals surface area (Å²) in [7, 11) is 0. The second-order valence-electron chi connectivity index (χ2n) is 5.66. The van der Waals surface area contributed by atoms with E-state index < -0.39 is 0 Å². The number of rotatable bonds is 6. The van der Waals surface area contributed by atoms with Crippen molar-refractivity contribution in [2.24, 2.45) is 5.92 Å². The molecule has 0 aliphatic carbocycles. The van der Waals surface area contributed by atoms with Gasteiger partial charge in [-0.2, -0.15) is 0 Å². The van der Waals surface area contributed by atoms with Gasteiger partial charge in [0, 0.05) is 25.5 Å². The molecule has 1 amide bonds. The van der Waals surface area contributed by atoms with Crippen LogP contribution in [-0.2, 0) is 9.53 Å². The first-order chi connectivity index (χ1) is 9.16. The summed E-state index contributed by atoms with van der Waals surface area (Å²) in [6, 6.07) is 3.80. The van der Waals surface area contributed by atoms with E-state index in [0.717, 1.165) is 25.9 Å². The average Bonchev–Trinajstić information content (AvgIpc) is 3.05. The smallest absolute Gasteiger partial charge is 0.243 e. The van der Waals surface area contributed by atoms with E-state index in [1.54, 1.807) is 0 Å². The second kappa shape index (κ2) is 6.75. The topological polar surface area (TPSA) is 43.3 Å². The predicted octanol–water partition coefficient (Wildman–Crippen LogP) is 2.37. The summed E-state index contributed by atoms with van der Waals surface area (Å²) >= 11 is 0. The fourth-order valence-corrected chi connectivity index (χ4v) is 2.50. The van der Waals surface area contributed by atoms with Crippen LogP contribution in [0.3, 0.4) is 0 Å². The first kappa shape index (κ1) is 14.1. The number of hydrogen-bond donors (Lipinski definition) is 1. The average molecular weight is 264 g/mol. The maximum absolute atomic E-state index is 12.3. The first-order valence-electron chi connectivity index (χ1n) is 7.18. The van der Waals surface area contributed by atoms with Gasteiger partial charge < -0.3 is 14.6 Å². The lowest BCUT2D eigenvalue weighted by Crippen LogP contribution is -2.37. The van der Waals surface area contributed by atoms with Crippen LogP contribution in [0.2, 0.25) is 0 Å². The standard InChI is InChI=1S/C15H24N2O2/c1-12(2)10-14(17-7-3-4-8-17)15(18)16-11-13-6-5-9-19-13/h3-4,7-8,12-14H,5-6,9-11H2,1-2H3,(H,16,18)/t13?,14-/m0/s1. The van der Waals surface area contributed by atoms with Gasteiger partial charge in [0.25, 0.3) is 0 Å². The lowest BCUT2D eigenvalue weighted by molar-refractivity contribution is -0.125. The Morgan fingerprint density at radius 3 is 2.74 bits per heavy atom. The molecular formula is C15H24N2O2. The third-order valence-corrected chi connectivity index (χ3v) is 3.51. The van der Waals surface area contributed by atoms with Crippen LogP contribution in [-0.4, -0.2) is 29.7 Å². The fourth-order valence-electron chi connectivity index (χ4n) is 2.50. The largest absolute Gasteiger partial charge is 0.376 e. The molecule has 1 aliphatic rings. The highest BCUT2D eigenvalue weighted by molar-refractivity contribution is 5.80. The molecule has 1 unspecified atom stereocenters. The van der Waals surface area contributed by atoms with Gasteiger partial charge >= 0.3 is 0 Å². The van der Waals surface area contributed by atoms with E-state index in [9.17, 15) is 4.79 Å². The lowest BCUT2D eigenvalue weighted by Gasteiger charge is -2.21. The molecule has 106 valence electrons. The molecule has 1 aromatic rings. The van der Waals surface area contributed by atoms with Gasteiger partial charge in [-0.1, -0.05) is 13.8 Å². The Morgan fingerprint density at radius 1 is 1.42 bits per heavy atom. The molecule has 4 nitrogen and oxygen atoms in total. The van der Waals surface area contributed by atoms with Crippen LogP contribution < -0.4 is 5.32 Å². The van der Waals surface area contributed by atoms with Crippen LogP contribution in [0, 0.1) is 5.92 Å². The molecule has 1 fully saturated rings. The highest BCUT2D eigenvalue weighted by atomic mass is 16.5. The van der Waals surface area contributed by atoms with E-state index in [1.165, 1.54) is 0 Å². The van der Waals surface area contributed by atoms with E-state index in [4.69, 9.17) is 4.74 Å². The van der Waals surface area contributed by atoms with Crippen LogP contribution in [0.15, 0.2) is 24.5 Å². The number of amides is 1. The van der Waals surface area contributed by atoms with Gasteiger partial charge in [0.2, 0.25) is 5.91 Å². The predicted molar refractivity (Wildman–Crippen MR) is 74.9 cm³/mol. The highest BCUT2D eigenvalue weighted by Gasteiger charge is 2.22. The number of hydrogen-bond acceptors (Lipinski definition) is 2. The van der Waals surface area contributed by atoms with Crippen LogP contribution >= 0.6 is 0 Å². The van der Waals surface area contributed by atoms with Crippen LogP contribution in [0.5, 0.6) is 0 Å². The van der Waals surface area contributed by atoms with Crippen LogP contribution in [0.1, 0.15) is 39.2 Å². The van der Waals surface area contributed by atoms with Gasteiger partial charge in [0.1, 0.15) is 6.04 Å². The summed E-state index contributed by atoms with van der Waals surface area (Å²) in [6.07, 6.45) is 7.13. The molecule has 0 radical (unpaired) electrons. The van der Waals surface area contributed by atoms with Crippen molar-refractivity contribution in [1.29, 1.82) is 0 Å². The Kier molecular flexibility index (Phi) is 5.02. The Hall–Kier alpha value is -1.29. The van der Waals surface area contributed by atoms with Crippen molar-refractivity contribution in [3.05, 3.63) is 24.5 Å². The molecule has 0 spiro atoms. The zero-order valence-electron chi connectivity index (χ0n) is 11.8. The maximum atomic E-state index is 12.3. The van der Waals surface area contributed by atoms with E-state index in [-0.39, 0.29) is 18.1 Å². The molecule has 2 heterocycles. The van der Waals surface area contributed by atoms with Crippen molar-refractivity contribution < 1.29 is 9.53 Å². The molecule has 4 heteroatoms. The molecule has 0 aromatic carbocycles. The highest BCUT2D eigenvalue weighted by Crippen LogP contribution is 2.18. The molecular weight excluding hydrogens is 240 g/mol. The monoisotopic (exact) mass is 264 g/mol. The summed E-state index contributed by atoms with van der Waals surface area (Å²) in [6.45, 7) is 5.75. The van der Waals surface area contributed by atoms with Crippen LogP contribution in [0.4, 0.5) is 0 Å². The van der Waals surface area contributed by atoms with Crippen molar-refractivity contribution in [3.8, 4) is 0 Å². The quantitative estimate of drug-likeness (QED) is 0.857. The number of aromatic nitrogens is 1. The van der Waals surface area contributed by atoms with Gasteiger partial charge in [0.05, 0.1) is 6.10 Å². The van der Waals surface area contributed by atoms with E-state index in [0.29, 0.717) is 12.5 Å². The van der Waals surface area contributed by atoms with Crippen molar-refractivity contribution in [1.82, 2.24) is 9.88 Å². The summed E-state index contributed by atoms with van der Waals surface area (Å²) in [4.78, 5) is 12.3. The summed E-state index contributed by atoms with van der Waals surface area (Å²) in [5.74, 6) is 0.585.